The average Bonchev–Trinajstić information content (AvgIpc) is 3.49. The van der Waals surface area contributed by atoms with E-state index in [0.717, 1.165) is 36.1 Å². The quantitative estimate of drug-likeness (QED) is 0.574. The predicted octanol–water partition coefficient (Wildman–Crippen LogP) is 4.07. The number of piperidine rings is 1. The van der Waals surface area contributed by atoms with Crippen molar-refractivity contribution in [1.82, 2.24) is 24.6 Å². The van der Waals surface area contributed by atoms with Gasteiger partial charge in [0.2, 0.25) is 0 Å². The van der Waals surface area contributed by atoms with E-state index in [1.54, 1.807) is 0 Å². The van der Waals surface area contributed by atoms with Crippen molar-refractivity contribution in [2.75, 3.05) is 26.2 Å². The molecule has 11 heteroatoms. The summed E-state index contributed by atoms with van der Waals surface area (Å²) in [7, 11) is 0. The number of hydrogen-bond acceptors (Lipinski definition) is 4. The number of carboxylic acids is 1. The molecule has 0 radical (unpaired) electrons. The fourth-order valence-corrected chi connectivity index (χ4v) is 4.63. The Hall–Kier alpha value is -3.34. The molecule has 35 heavy (non-hydrogen) atoms. The molecule has 2 aliphatic rings. The van der Waals surface area contributed by atoms with Crippen molar-refractivity contribution in [2.24, 2.45) is 0 Å². The zero-order valence-corrected chi connectivity index (χ0v) is 19.2. The lowest BCUT2D eigenvalue weighted by Crippen LogP contribution is -2.42. The van der Waals surface area contributed by atoms with E-state index in [9.17, 15) is 18.0 Å². The second kappa shape index (κ2) is 10.5. The summed E-state index contributed by atoms with van der Waals surface area (Å²) >= 11 is 0. The van der Waals surface area contributed by atoms with E-state index in [-0.39, 0.29) is 11.9 Å². The molecule has 188 valence electrons. The molecule has 2 aliphatic heterocycles. The maximum atomic E-state index is 13.2. The van der Waals surface area contributed by atoms with E-state index in [0.29, 0.717) is 12.2 Å². The number of amides is 1. The van der Waals surface area contributed by atoms with E-state index < -0.39 is 12.1 Å². The first kappa shape index (κ1) is 24.8. The van der Waals surface area contributed by atoms with Crippen molar-refractivity contribution in [3.63, 3.8) is 0 Å². The third-order valence-electron chi connectivity index (χ3n) is 6.40. The van der Waals surface area contributed by atoms with Gasteiger partial charge < -0.3 is 19.9 Å². The van der Waals surface area contributed by atoms with Crippen LogP contribution in [0.3, 0.4) is 0 Å². The summed E-state index contributed by atoms with van der Waals surface area (Å²) in [4.78, 5) is 29.9. The number of hydrogen-bond donors (Lipinski definition) is 2. The highest BCUT2D eigenvalue weighted by Crippen LogP contribution is 2.26. The number of H-pyrrole nitrogens is 1. The minimum Gasteiger partial charge on any atom is -0.475 e. The smallest absolute Gasteiger partial charge is 0.475 e. The van der Waals surface area contributed by atoms with Gasteiger partial charge in [-0.1, -0.05) is 24.6 Å². The maximum Gasteiger partial charge on any atom is 0.490 e. The molecule has 4 heterocycles. The zero-order valence-electron chi connectivity index (χ0n) is 19.2. The van der Waals surface area contributed by atoms with E-state index >= 15 is 0 Å². The number of nitrogens with one attached hydrogen (secondary N) is 1. The first-order valence-corrected chi connectivity index (χ1v) is 11.6. The molecular formula is C24H28F3N5O3. The van der Waals surface area contributed by atoms with Crippen molar-refractivity contribution in [1.29, 1.82) is 0 Å². The summed E-state index contributed by atoms with van der Waals surface area (Å²) in [6.45, 7) is 4.83. The lowest BCUT2D eigenvalue weighted by atomic mass is 10.1. The van der Waals surface area contributed by atoms with Gasteiger partial charge in [-0.3, -0.25) is 9.48 Å². The monoisotopic (exact) mass is 491 g/mol. The number of carboxylic acid groups (broad SMARTS) is 1. The number of carbonyl (C=O) groups excluding carboxylic acids is 1. The topological polar surface area (TPSA) is 94.5 Å². The second-order valence-corrected chi connectivity index (χ2v) is 8.87. The lowest BCUT2D eigenvalue weighted by Gasteiger charge is -2.35. The number of nitrogens with zero attached hydrogens (tertiary/aromatic N) is 4. The van der Waals surface area contributed by atoms with Crippen LogP contribution < -0.4 is 0 Å². The number of rotatable bonds is 4. The Balaban J connectivity index is 0.000000364. The lowest BCUT2D eigenvalue weighted by molar-refractivity contribution is -0.192. The van der Waals surface area contributed by atoms with E-state index in [4.69, 9.17) is 9.90 Å². The van der Waals surface area contributed by atoms with Crippen molar-refractivity contribution in [3.05, 3.63) is 54.0 Å². The molecule has 0 bridgehead atoms. The number of benzene rings is 1. The van der Waals surface area contributed by atoms with Crippen LogP contribution in [0, 0.1) is 0 Å². The third-order valence-corrected chi connectivity index (χ3v) is 6.40. The van der Waals surface area contributed by atoms with Gasteiger partial charge in [0.15, 0.2) is 0 Å². The summed E-state index contributed by atoms with van der Waals surface area (Å²) in [5.41, 5.74) is 2.80. The Labute approximate surface area is 200 Å². The number of fused-ring (bicyclic) bond motifs is 2. The molecule has 2 aromatic heterocycles. The molecule has 3 aromatic rings. The van der Waals surface area contributed by atoms with Crippen molar-refractivity contribution >= 4 is 22.8 Å². The van der Waals surface area contributed by atoms with Crippen LogP contribution in [0.1, 0.15) is 47.9 Å². The summed E-state index contributed by atoms with van der Waals surface area (Å²) < 4.78 is 33.9. The van der Waals surface area contributed by atoms with Gasteiger partial charge in [-0.15, -0.1) is 0 Å². The highest BCUT2D eigenvalue weighted by Gasteiger charge is 2.38. The first-order chi connectivity index (χ1) is 16.7. The molecule has 1 saturated heterocycles. The molecule has 1 unspecified atom stereocenters. The molecule has 1 atom stereocenters. The third kappa shape index (κ3) is 6.02. The predicted molar refractivity (Wildman–Crippen MR) is 123 cm³/mol. The Morgan fingerprint density at radius 2 is 1.83 bits per heavy atom. The highest BCUT2D eigenvalue weighted by molar-refractivity contribution is 5.98. The van der Waals surface area contributed by atoms with Crippen LogP contribution in [-0.2, 0) is 11.3 Å². The highest BCUT2D eigenvalue weighted by atomic mass is 19.4. The average molecular weight is 492 g/mol. The van der Waals surface area contributed by atoms with Gasteiger partial charge in [0.1, 0.15) is 5.69 Å². The Morgan fingerprint density at radius 1 is 1.11 bits per heavy atom. The summed E-state index contributed by atoms with van der Waals surface area (Å²) in [5.74, 6) is -2.68. The number of alkyl halides is 3. The molecule has 0 spiro atoms. The van der Waals surface area contributed by atoms with Crippen LogP contribution in [0.15, 0.2) is 42.6 Å². The fraction of sp³-hybridized carbons (Fsp3) is 0.458. The molecule has 1 fully saturated rings. The minimum absolute atomic E-state index is 0.0756. The maximum absolute atomic E-state index is 13.2. The van der Waals surface area contributed by atoms with Gasteiger partial charge in [-0.2, -0.15) is 18.3 Å². The molecule has 8 nitrogen and oxygen atoms in total. The van der Waals surface area contributed by atoms with Crippen LogP contribution in [0.5, 0.6) is 0 Å². The van der Waals surface area contributed by atoms with Crippen LogP contribution in [-0.4, -0.2) is 73.9 Å². The Bertz CT molecular complexity index is 1130. The van der Waals surface area contributed by atoms with Crippen LogP contribution in [0.4, 0.5) is 13.2 Å². The number of aromatic nitrogens is 3. The standard InChI is InChI=1S/C22H27N5O.C2HF3O2/c28-22(21-14-17-6-2-3-7-20(17)24-21)26-15-18-8-10-23-27(18)19(16-26)9-13-25-11-4-1-5-12-25;3-2(4,5)1(6)7/h2-3,6-8,10,14,19,24H,1,4-5,9,11-13,15-16H2;(H,6,7). The molecular weight excluding hydrogens is 463 g/mol. The van der Waals surface area contributed by atoms with Crippen LogP contribution in [0.25, 0.3) is 10.9 Å². The van der Waals surface area contributed by atoms with Crippen molar-refractivity contribution < 1.29 is 27.9 Å². The SMILES string of the molecule is O=C(O)C(F)(F)F.O=C(c1cc2ccccc2[nH]1)N1Cc2ccnn2C(CCN2CCCCC2)C1. The van der Waals surface area contributed by atoms with Gasteiger partial charge in [-0.25, -0.2) is 4.79 Å². The van der Waals surface area contributed by atoms with Crippen molar-refractivity contribution in [3.8, 4) is 0 Å². The van der Waals surface area contributed by atoms with Crippen molar-refractivity contribution in [2.45, 2.75) is 44.4 Å². The summed E-state index contributed by atoms with van der Waals surface area (Å²) in [6.07, 6.45) is 1.78. The normalized spacial score (nSPS) is 18.6. The Morgan fingerprint density at radius 3 is 2.51 bits per heavy atom. The summed E-state index contributed by atoms with van der Waals surface area (Å²) in [6, 6.07) is 12.3. The number of carbonyl (C=O) groups is 2. The molecule has 2 N–H and O–H groups in total. The molecule has 1 aromatic carbocycles. The number of para-hydroxylation sites is 1. The van der Waals surface area contributed by atoms with Gasteiger partial charge in [0.25, 0.3) is 5.91 Å². The van der Waals surface area contributed by atoms with Gasteiger partial charge in [-0.05, 0) is 50.6 Å². The van der Waals surface area contributed by atoms with Gasteiger partial charge >= 0.3 is 12.1 Å². The van der Waals surface area contributed by atoms with E-state index in [1.807, 2.05) is 47.5 Å². The Kier molecular flexibility index (Phi) is 7.44. The number of halogens is 3. The molecule has 1 amide bonds. The number of likely N-dealkylation sites (tertiary alicyclic amines) is 1. The summed E-state index contributed by atoms with van der Waals surface area (Å²) in [5, 5.41) is 12.8. The van der Waals surface area contributed by atoms with Crippen LogP contribution >= 0.6 is 0 Å². The first-order valence-electron chi connectivity index (χ1n) is 11.6. The fourth-order valence-electron chi connectivity index (χ4n) is 4.63. The largest absolute Gasteiger partial charge is 0.490 e. The van der Waals surface area contributed by atoms with E-state index in [1.165, 1.54) is 32.4 Å². The van der Waals surface area contributed by atoms with E-state index in [2.05, 4.69) is 19.7 Å². The number of aliphatic carboxylic acids is 1. The molecule has 0 aliphatic carbocycles. The van der Waals surface area contributed by atoms with Gasteiger partial charge in [0.05, 0.1) is 18.3 Å². The zero-order chi connectivity index (χ0) is 25.0. The second-order valence-electron chi connectivity index (χ2n) is 8.87. The van der Waals surface area contributed by atoms with Gasteiger partial charge in [0, 0.05) is 30.2 Å². The molecule has 5 rings (SSSR count). The number of aromatic amines is 1. The molecule has 0 saturated carbocycles. The van der Waals surface area contributed by atoms with Crippen LogP contribution in [0.2, 0.25) is 0 Å². The minimum atomic E-state index is -5.08.